The summed E-state index contributed by atoms with van der Waals surface area (Å²) in [5.41, 5.74) is 4.94. The Morgan fingerprint density at radius 1 is 1.13 bits per heavy atom. The lowest BCUT2D eigenvalue weighted by molar-refractivity contribution is 0.0730. The summed E-state index contributed by atoms with van der Waals surface area (Å²) in [5.74, 6) is 0.216. The molecular formula is C23H26N2O4S. The van der Waals surface area contributed by atoms with Gasteiger partial charge in [-0.15, -0.1) is 0 Å². The molecule has 0 bridgehead atoms. The Bertz CT molecular complexity index is 1240. The quantitative estimate of drug-likeness (QED) is 0.667. The molecule has 1 aromatic heterocycles. The summed E-state index contributed by atoms with van der Waals surface area (Å²) in [4.78, 5) is 0.154. The van der Waals surface area contributed by atoms with Crippen LogP contribution in [-0.2, 0) is 28.6 Å². The van der Waals surface area contributed by atoms with Crippen molar-refractivity contribution in [1.29, 1.82) is 0 Å². The number of aliphatic hydroxyl groups excluding tert-OH is 1. The number of fused-ring (bicyclic) bond motifs is 3. The maximum atomic E-state index is 12.2. The van der Waals surface area contributed by atoms with Crippen molar-refractivity contribution in [1.82, 2.24) is 9.78 Å². The van der Waals surface area contributed by atoms with Gasteiger partial charge in [-0.3, -0.25) is 4.68 Å². The molecule has 0 amide bonds. The highest BCUT2D eigenvalue weighted by atomic mass is 32.2. The maximum absolute atomic E-state index is 12.2. The zero-order valence-corrected chi connectivity index (χ0v) is 18.4. The number of nitrogens with zero attached hydrogens (tertiary/aromatic N) is 2. The van der Waals surface area contributed by atoms with Gasteiger partial charge in [0.15, 0.2) is 9.84 Å². The van der Waals surface area contributed by atoms with E-state index in [1.165, 1.54) is 0 Å². The molecule has 7 heteroatoms. The summed E-state index contributed by atoms with van der Waals surface area (Å²) in [6.45, 7) is 5.97. The van der Waals surface area contributed by atoms with Crippen molar-refractivity contribution in [2.75, 3.05) is 6.26 Å². The van der Waals surface area contributed by atoms with Gasteiger partial charge in [-0.25, -0.2) is 8.42 Å². The van der Waals surface area contributed by atoms with Gasteiger partial charge in [0.1, 0.15) is 5.60 Å². The first-order valence-electron chi connectivity index (χ1n) is 9.88. The molecule has 4 rings (SSSR count). The molecule has 1 aliphatic rings. The average molecular weight is 427 g/mol. The van der Waals surface area contributed by atoms with Gasteiger partial charge in [-0.05, 0) is 48.2 Å². The molecule has 1 unspecified atom stereocenters. The largest absolute Gasteiger partial charge is 0.392 e. The summed E-state index contributed by atoms with van der Waals surface area (Å²) in [5, 5.41) is 24.4. The zero-order chi connectivity index (χ0) is 21.8. The van der Waals surface area contributed by atoms with Crippen LogP contribution in [0.15, 0.2) is 47.4 Å². The normalized spacial score (nSPS) is 16.3. The zero-order valence-electron chi connectivity index (χ0n) is 17.5. The lowest BCUT2D eigenvalue weighted by Gasteiger charge is -2.24. The predicted molar refractivity (Wildman–Crippen MR) is 116 cm³/mol. The number of hydrogen-bond acceptors (Lipinski definition) is 5. The molecule has 6 nitrogen and oxygen atoms in total. The van der Waals surface area contributed by atoms with E-state index in [9.17, 15) is 18.6 Å². The third-order valence-corrected chi connectivity index (χ3v) is 6.86. The highest BCUT2D eigenvalue weighted by Gasteiger charge is 2.28. The highest BCUT2D eigenvalue weighted by Crippen LogP contribution is 2.39. The molecule has 0 fully saturated rings. The Kier molecular flexibility index (Phi) is 4.88. The summed E-state index contributed by atoms with van der Waals surface area (Å²) >= 11 is 0. The average Bonchev–Trinajstić information content (AvgIpc) is 3.11. The van der Waals surface area contributed by atoms with Gasteiger partial charge in [0, 0.05) is 24.3 Å². The van der Waals surface area contributed by atoms with Crippen molar-refractivity contribution in [3.8, 4) is 22.4 Å². The van der Waals surface area contributed by atoms with Crippen molar-refractivity contribution in [3.63, 3.8) is 0 Å². The molecule has 158 valence electrons. The van der Waals surface area contributed by atoms with Crippen LogP contribution in [0.5, 0.6) is 0 Å². The summed E-state index contributed by atoms with van der Waals surface area (Å²) in [6, 6.07) is 13.2. The van der Waals surface area contributed by atoms with Crippen molar-refractivity contribution < 1.29 is 18.6 Å². The van der Waals surface area contributed by atoms with E-state index in [0.29, 0.717) is 17.8 Å². The van der Waals surface area contributed by atoms with Crippen LogP contribution in [-0.4, -0.2) is 34.7 Å². The van der Waals surface area contributed by atoms with E-state index in [1.807, 2.05) is 28.9 Å². The predicted octanol–water partition coefficient (Wildman–Crippen LogP) is 3.46. The summed E-state index contributed by atoms with van der Waals surface area (Å²) in [7, 11) is -3.45. The first-order valence-corrected chi connectivity index (χ1v) is 11.8. The van der Waals surface area contributed by atoms with E-state index in [4.69, 9.17) is 0 Å². The molecule has 2 heterocycles. The van der Waals surface area contributed by atoms with Crippen molar-refractivity contribution >= 4 is 9.84 Å². The number of aromatic nitrogens is 2. The lowest BCUT2D eigenvalue weighted by atomic mass is 9.87. The van der Waals surface area contributed by atoms with Crippen molar-refractivity contribution in [2.24, 2.45) is 0 Å². The Labute approximate surface area is 176 Å². The third kappa shape index (κ3) is 3.57. The molecule has 3 aromatic rings. The molecule has 30 heavy (non-hydrogen) atoms. The summed E-state index contributed by atoms with van der Waals surface area (Å²) in [6.07, 6.45) is 1.15. The van der Waals surface area contributed by atoms with Gasteiger partial charge in [0.05, 0.1) is 22.9 Å². The molecule has 0 aliphatic carbocycles. The van der Waals surface area contributed by atoms with E-state index < -0.39 is 15.4 Å². The van der Waals surface area contributed by atoms with Crippen LogP contribution in [0.3, 0.4) is 0 Å². The fraction of sp³-hybridized carbons (Fsp3) is 0.348. The number of rotatable bonds is 4. The monoisotopic (exact) mass is 426 g/mol. The Balaban J connectivity index is 1.83. The topological polar surface area (TPSA) is 92.4 Å². The third-order valence-electron chi connectivity index (χ3n) is 5.68. The Hall–Kier alpha value is -2.48. The SMILES string of the molecule is CC1Cn2nc(C(C)(C)O)cc2-c2ccc(-c3ccc(CO)c(S(C)(=O)=O)c3)cc21. The molecule has 1 atom stereocenters. The van der Waals surface area contributed by atoms with E-state index >= 15 is 0 Å². The van der Waals surface area contributed by atoms with Crippen LogP contribution in [0.4, 0.5) is 0 Å². The van der Waals surface area contributed by atoms with Crippen LogP contribution in [0.25, 0.3) is 22.4 Å². The van der Waals surface area contributed by atoms with Crippen molar-refractivity contribution in [2.45, 2.75) is 50.3 Å². The Morgan fingerprint density at radius 2 is 1.80 bits per heavy atom. The first-order chi connectivity index (χ1) is 14.0. The minimum absolute atomic E-state index is 0.154. The molecule has 0 radical (unpaired) electrons. The number of sulfone groups is 1. The second-order valence-corrected chi connectivity index (χ2v) is 10.6. The molecule has 0 saturated carbocycles. The molecular weight excluding hydrogens is 400 g/mol. The fourth-order valence-electron chi connectivity index (χ4n) is 4.02. The van der Waals surface area contributed by atoms with Gasteiger partial charge in [-0.1, -0.05) is 37.3 Å². The number of hydrogen-bond donors (Lipinski definition) is 2. The van der Waals surface area contributed by atoms with E-state index in [-0.39, 0.29) is 17.4 Å². The van der Waals surface area contributed by atoms with Crippen molar-refractivity contribution in [3.05, 3.63) is 59.3 Å². The number of aliphatic hydroxyl groups is 2. The highest BCUT2D eigenvalue weighted by molar-refractivity contribution is 7.90. The first kappa shape index (κ1) is 20.8. The fourth-order valence-corrected chi connectivity index (χ4v) is 4.97. The minimum Gasteiger partial charge on any atom is -0.392 e. The molecule has 0 spiro atoms. The van der Waals surface area contributed by atoms with E-state index in [1.54, 1.807) is 26.0 Å². The second-order valence-electron chi connectivity index (χ2n) is 8.61. The van der Waals surface area contributed by atoms with Crippen LogP contribution >= 0.6 is 0 Å². The minimum atomic E-state index is -3.45. The smallest absolute Gasteiger partial charge is 0.175 e. The van der Waals surface area contributed by atoms with Crippen LogP contribution in [0.2, 0.25) is 0 Å². The van der Waals surface area contributed by atoms with Gasteiger partial charge < -0.3 is 10.2 Å². The lowest BCUT2D eigenvalue weighted by Crippen LogP contribution is -2.18. The standard InChI is InChI=1S/C23H26N2O4S/c1-14-12-25-20(11-22(24-25)23(2,3)27)18-8-7-15(9-19(14)18)16-5-6-17(13-26)21(10-16)30(4,28)29/h5-11,14,26-27H,12-13H2,1-4H3. The van der Waals surface area contributed by atoms with Crippen LogP contribution in [0.1, 0.15) is 43.5 Å². The van der Waals surface area contributed by atoms with Crippen LogP contribution < -0.4 is 0 Å². The molecule has 1 aliphatic heterocycles. The van der Waals surface area contributed by atoms with E-state index in [2.05, 4.69) is 18.1 Å². The van der Waals surface area contributed by atoms with Crippen LogP contribution in [0, 0.1) is 0 Å². The molecule has 2 aromatic carbocycles. The molecule has 0 saturated heterocycles. The molecule has 2 N–H and O–H groups in total. The van der Waals surface area contributed by atoms with E-state index in [0.717, 1.165) is 34.2 Å². The van der Waals surface area contributed by atoms with Gasteiger partial charge >= 0.3 is 0 Å². The Morgan fingerprint density at radius 3 is 2.43 bits per heavy atom. The number of benzene rings is 2. The summed E-state index contributed by atoms with van der Waals surface area (Å²) < 4.78 is 26.3. The van der Waals surface area contributed by atoms with Gasteiger partial charge in [-0.2, -0.15) is 5.10 Å². The second kappa shape index (κ2) is 7.04. The van der Waals surface area contributed by atoms with Gasteiger partial charge in [0.2, 0.25) is 0 Å². The maximum Gasteiger partial charge on any atom is 0.175 e. The van der Waals surface area contributed by atoms with Gasteiger partial charge in [0.25, 0.3) is 0 Å².